The number of imidazole rings is 2. The Kier molecular flexibility index (Phi) is 12.3. The molecule has 2 amide bonds. The molecule has 0 radical (unpaired) electrons. The van der Waals surface area contributed by atoms with Crippen molar-refractivity contribution in [2.24, 2.45) is 5.92 Å². The van der Waals surface area contributed by atoms with E-state index >= 15 is 8.78 Å². The molecule has 0 spiro atoms. The van der Waals surface area contributed by atoms with Gasteiger partial charge in [0.25, 0.3) is 11.5 Å². The van der Waals surface area contributed by atoms with E-state index in [0.29, 0.717) is 5.56 Å². The van der Waals surface area contributed by atoms with Gasteiger partial charge in [-0.3, -0.25) is 47.4 Å². The highest BCUT2D eigenvalue weighted by Crippen LogP contribution is 2.55. The number of phosphoric ester groups is 1. The van der Waals surface area contributed by atoms with Crippen LogP contribution in [0.15, 0.2) is 54.1 Å². The van der Waals surface area contributed by atoms with Gasteiger partial charge in [-0.2, -0.15) is 4.98 Å². The number of phosphoric acid groups is 1. The predicted molar refractivity (Wildman–Crippen MR) is 205 cm³/mol. The highest BCUT2D eigenvalue weighted by Gasteiger charge is 2.54. The number of carbonyl (C=O) groups is 2. The molecule has 2 unspecified atom stereocenters. The van der Waals surface area contributed by atoms with E-state index in [9.17, 15) is 23.8 Å². The highest BCUT2D eigenvalue weighted by atomic mass is 31.2. The molecule has 10 atom stereocenters. The molecule has 3 fully saturated rings. The Morgan fingerprint density at radius 1 is 1.02 bits per heavy atom. The summed E-state index contributed by atoms with van der Waals surface area (Å²) in [6.45, 7) is 8.00. The summed E-state index contributed by atoms with van der Waals surface area (Å²) in [7, 11) is -7.95. The first-order chi connectivity index (χ1) is 29.3. The summed E-state index contributed by atoms with van der Waals surface area (Å²) < 4.78 is 89.5. The summed E-state index contributed by atoms with van der Waals surface area (Å²) in [5, 5.41) is 5.13. The molecule has 7 heterocycles. The van der Waals surface area contributed by atoms with Gasteiger partial charge in [-0.15, -0.1) is 0 Å². The molecule has 8 rings (SSSR count). The van der Waals surface area contributed by atoms with E-state index in [-0.39, 0.29) is 40.6 Å². The molecule has 0 aliphatic carbocycles. The zero-order chi connectivity index (χ0) is 43.0. The maximum atomic E-state index is 16.7. The molecule has 27 heteroatoms. The summed E-state index contributed by atoms with van der Waals surface area (Å²) in [4.78, 5) is 75.7. The number of ether oxygens (including phenoxy) is 2. The number of amides is 2. The van der Waals surface area contributed by atoms with Crippen LogP contribution in [0.3, 0.4) is 0 Å². The third-order valence-electron chi connectivity index (χ3n) is 9.57. The van der Waals surface area contributed by atoms with Crippen molar-refractivity contribution in [3.8, 4) is 0 Å². The van der Waals surface area contributed by atoms with Gasteiger partial charge in [-0.25, -0.2) is 39.9 Å². The largest absolute Gasteiger partial charge is 0.475 e. The number of anilines is 2. The van der Waals surface area contributed by atoms with Crippen LogP contribution >= 0.6 is 16.4 Å². The highest BCUT2D eigenvalue weighted by molar-refractivity contribution is 7.48. The summed E-state index contributed by atoms with van der Waals surface area (Å²) in [6.07, 6.45) is -10.8. The number of hydrogen-bond acceptors (Lipinski definition) is 17. The number of nitrogens with zero attached hydrogens (tertiary/aromatic N) is 8. The maximum Gasteiger partial charge on any atom is 0.475 e. The average molecular weight is 890 g/mol. The number of aromatic amines is 1. The number of aromatic nitrogens is 8. The van der Waals surface area contributed by atoms with Gasteiger partial charge < -0.3 is 33.6 Å². The van der Waals surface area contributed by atoms with Crippen molar-refractivity contribution >= 4 is 62.3 Å². The van der Waals surface area contributed by atoms with Crippen LogP contribution in [0.25, 0.3) is 27.2 Å². The normalized spacial score (nSPS) is 29.4. The molecule has 3 aliphatic rings. The van der Waals surface area contributed by atoms with Crippen molar-refractivity contribution in [2.75, 3.05) is 37.0 Å². The summed E-state index contributed by atoms with van der Waals surface area (Å²) in [6, 6.07) is 8.29. The van der Waals surface area contributed by atoms with Gasteiger partial charge in [0.1, 0.15) is 37.4 Å². The minimum Gasteiger partial charge on any atom is -0.346 e. The number of hydrogen-bond donors (Lipinski definition) is 4. The van der Waals surface area contributed by atoms with Crippen LogP contribution in [0.4, 0.5) is 20.5 Å². The standard InChI is InChI=1S/C34H35F2N11O12P2/c1-16(2)29(48)44-34-43-28-23(31(50)45-34)41-15-47(28)33-25-20(35)18(56-33)12-55-61(52,54-10-9-37-3)59-24-19(11-53-60(51)58-25)57-32(21(24)36)46-14-40-22-26(38-13-39-27(22)46)42-30(49)17-7-5-4-6-8-17/h4-8,13-16,18-21,24-25,32-33,51H,9-12H2,1-2H3,(H,38,39,42,49)(H2,43,44,45,48,50)/t18-,19-,20-,21+,24-,25-,32-,33-,60?,61?/m1/s1. The van der Waals surface area contributed by atoms with E-state index in [0.717, 1.165) is 17.2 Å². The Morgan fingerprint density at radius 3 is 2.51 bits per heavy atom. The molecule has 4 N–H and O–H groups in total. The number of benzene rings is 1. The molecular formula is C34H35F2N11O12P2. The quantitative estimate of drug-likeness (QED) is 0.0938. The Hall–Kier alpha value is -5.25. The van der Waals surface area contributed by atoms with E-state index in [1.165, 1.54) is 10.9 Å². The van der Waals surface area contributed by atoms with E-state index < -0.39 is 109 Å². The van der Waals surface area contributed by atoms with Crippen LogP contribution in [0, 0.1) is 12.5 Å². The molecule has 4 aromatic heterocycles. The first kappa shape index (κ1) is 42.4. The van der Waals surface area contributed by atoms with Crippen molar-refractivity contribution < 1.29 is 59.9 Å². The summed E-state index contributed by atoms with van der Waals surface area (Å²) in [5.41, 5.74) is -0.706. The number of nitrogens with one attached hydrogen (secondary N) is 3. The zero-order valence-electron chi connectivity index (χ0n) is 31.8. The van der Waals surface area contributed by atoms with Gasteiger partial charge in [0.15, 0.2) is 52.9 Å². The lowest BCUT2D eigenvalue weighted by atomic mass is 10.1. The van der Waals surface area contributed by atoms with E-state index in [1.54, 1.807) is 44.2 Å². The van der Waals surface area contributed by atoms with E-state index in [2.05, 4.69) is 45.4 Å². The van der Waals surface area contributed by atoms with Crippen LogP contribution in [0.1, 0.15) is 36.7 Å². The molecule has 1 aromatic carbocycles. The summed E-state index contributed by atoms with van der Waals surface area (Å²) >= 11 is 0. The molecule has 3 aliphatic heterocycles. The second-order valence-corrected chi connectivity index (χ2v) is 16.5. The molecular weight excluding hydrogens is 854 g/mol. The van der Waals surface area contributed by atoms with Crippen LogP contribution in [0.5, 0.6) is 0 Å². The molecule has 61 heavy (non-hydrogen) atoms. The minimum atomic E-state index is -4.93. The third-order valence-corrected chi connectivity index (χ3v) is 11.8. The molecule has 5 aromatic rings. The fourth-order valence-corrected chi connectivity index (χ4v) is 8.70. The monoisotopic (exact) mass is 889 g/mol. The lowest BCUT2D eigenvalue weighted by Gasteiger charge is -2.26. The van der Waals surface area contributed by atoms with Crippen molar-refractivity contribution in [1.82, 2.24) is 39.0 Å². The average Bonchev–Trinajstić information content (AvgIpc) is 4.01. The van der Waals surface area contributed by atoms with Gasteiger partial charge in [0.05, 0.1) is 25.9 Å². The van der Waals surface area contributed by atoms with Gasteiger partial charge in [-0.05, 0) is 12.1 Å². The second kappa shape index (κ2) is 17.6. The molecule has 23 nitrogen and oxygen atoms in total. The second-order valence-electron chi connectivity index (χ2n) is 13.9. The number of fused-ring (bicyclic) bond motifs is 5. The van der Waals surface area contributed by atoms with Crippen molar-refractivity contribution in [2.45, 2.75) is 63.1 Å². The fourth-order valence-electron chi connectivity index (χ4n) is 6.56. The Balaban J connectivity index is 1.08. The van der Waals surface area contributed by atoms with Crippen molar-refractivity contribution in [3.05, 3.63) is 76.6 Å². The number of carbonyl (C=O) groups excluding carboxylic acids is 2. The van der Waals surface area contributed by atoms with E-state index in [1.807, 2.05) is 0 Å². The van der Waals surface area contributed by atoms with Crippen molar-refractivity contribution in [3.63, 3.8) is 0 Å². The lowest BCUT2D eigenvalue weighted by Crippen LogP contribution is -2.34. The predicted octanol–water partition coefficient (Wildman–Crippen LogP) is 3.36. The Labute approximate surface area is 343 Å². The van der Waals surface area contributed by atoms with Crippen LogP contribution in [-0.2, 0) is 41.5 Å². The number of H-pyrrole nitrogens is 1. The summed E-state index contributed by atoms with van der Waals surface area (Å²) in [5.74, 6) is -1.67. The van der Waals surface area contributed by atoms with E-state index in [4.69, 9.17) is 38.7 Å². The molecule has 322 valence electrons. The number of alkyl halides is 2. The van der Waals surface area contributed by atoms with Crippen molar-refractivity contribution in [1.29, 1.82) is 0 Å². The van der Waals surface area contributed by atoms with Gasteiger partial charge >= 0.3 is 16.4 Å². The molecule has 2 bridgehead atoms. The lowest BCUT2D eigenvalue weighted by molar-refractivity contribution is -0.118. The zero-order valence-corrected chi connectivity index (χ0v) is 33.6. The van der Waals surface area contributed by atoms with Crippen LogP contribution < -0.4 is 16.2 Å². The number of rotatable bonds is 9. The Bertz CT molecular complexity index is 2580. The minimum absolute atomic E-state index is 0.00765. The maximum absolute atomic E-state index is 16.7. The fraction of sp³-hybridized carbons (Fsp3) is 0.441. The van der Waals surface area contributed by atoms with Gasteiger partial charge in [-0.1, -0.05) is 32.0 Å². The Morgan fingerprint density at radius 2 is 1.75 bits per heavy atom. The molecule has 3 saturated heterocycles. The number of halogens is 2. The smallest absolute Gasteiger partial charge is 0.346 e. The SMILES string of the molecule is [C-]#[N+]CCOP1(=O)OC[C@H]2O[C@@H](n3cnc4c(=O)[nH]c(NC(=O)C(C)C)nc43)[C@H](OP(O)OC[C@H]3O[C@@H](n4cnc5c(NC(=O)c6ccccc6)ncnc54)[C@@H](F)[C@@H]3O1)[C@@H]2F. The van der Waals surface area contributed by atoms with Gasteiger partial charge in [0, 0.05) is 11.5 Å². The first-order valence-corrected chi connectivity index (χ1v) is 21.0. The first-order valence-electron chi connectivity index (χ1n) is 18.4. The topological polar surface area (TPSA) is 272 Å². The third kappa shape index (κ3) is 8.64. The van der Waals surface area contributed by atoms with Crippen LogP contribution in [0.2, 0.25) is 0 Å². The van der Waals surface area contributed by atoms with Gasteiger partial charge in [0.2, 0.25) is 18.4 Å². The molecule has 0 saturated carbocycles. The van der Waals surface area contributed by atoms with Crippen LogP contribution in [-0.4, -0.2) is 119 Å².